The number of fused-ring (bicyclic) bond motifs is 2. The first kappa shape index (κ1) is 26.6. The number of non-ortho nitro benzene ring substituents is 1. The van der Waals surface area contributed by atoms with E-state index >= 15 is 0 Å². The molecule has 0 aliphatic heterocycles. The van der Waals surface area contributed by atoms with Crippen LogP contribution >= 0.6 is 0 Å². The molecule has 206 valence electrons. The van der Waals surface area contributed by atoms with Crippen LogP contribution in [0.4, 0.5) is 17.3 Å². The van der Waals surface area contributed by atoms with E-state index in [1.807, 2.05) is 30.5 Å². The predicted molar refractivity (Wildman–Crippen MR) is 149 cm³/mol. The van der Waals surface area contributed by atoms with Crippen molar-refractivity contribution in [3.63, 3.8) is 0 Å². The Bertz CT molecular complexity index is 1720. The first-order chi connectivity index (χ1) is 19.1. The maximum absolute atomic E-state index is 12.6. The van der Waals surface area contributed by atoms with Gasteiger partial charge in [-0.1, -0.05) is 6.07 Å². The first-order valence-electron chi connectivity index (χ1n) is 12.5. The van der Waals surface area contributed by atoms with E-state index in [1.165, 1.54) is 22.9 Å². The molecule has 5 aromatic rings. The molecule has 12 heteroatoms. The summed E-state index contributed by atoms with van der Waals surface area (Å²) in [6.07, 6.45) is 3.54. The van der Waals surface area contributed by atoms with Crippen LogP contribution in [0.2, 0.25) is 0 Å². The van der Waals surface area contributed by atoms with E-state index in [4.69, 9.17) is 14.3 Å². The lowest BCUT2D eigenvalue weighted by atomic mass is 9.98. The van der Waals surface area contributed by atoms with Crippen LogP contribution < -0.4 is 14.9 Å². The van der Waals surface area contributed by atoms with E-state index < -0.39 is 16.3 Å². The van der Waals surface area contributed by atoms with Gasteiger partial charge in [0.2, 0.25) is 11.8 Å². The summed E-state index contributed by atoms with van der Waals surface area (Å²) in [5, 5.41) is 15.9. The van der Waals surface area contributed by atoms with Gasteiger partial charge in [-0.25, -0.2) is 4.79 Å². The fourth-order valence-corrected chi connectivity index (χ4v) is 3.96. The summed E-state index contributed by atoms with van der Waals surface area (Å²) in [6.45, 7) is 6.58. The maximum atomic E-state index is 12.6. The monoisotopic (exact) mass is 544 g/mol. The van der Waals surface area contributed by atoms with Gasteiger partial charge in [-0.2, -0.15) is 14.7 Å². The SMILES string of the molecule is COCCn1ccc2cc(Nc3nc(Oc4cccc([N+](=O)[O-])c4)c4ccn(OC(=O)C(C)(C)C)c4n3)ccc21. The Labute approximate surface area is 229 Å². The Hall–Kier alpha value is -4.97. The van der Waals surface area contributed by atoms with Gasteiger partial charge in [0.05, 0.1) is 28.4 Å². The van der Waals surface area contributed by atoms with Crippen LogP contribution in [0.15, 0.2) is 67.0 Å². The van der Waals surface area contributed by atoms with Crippen LogP contribution in [-0.4, -0.2) is 43.9 Å². The highest BCUT2D eigenvalue weighted by Gasteiger charge is 2.26. The van der Waals surface area contributed by atoms with Crippen molar-refractivity contribution >= 4 is 45.2 Å². The van der Waals surface area contributed by atoms with Crippen LogP contribution in [-0.2, 0) is 16.1 Å². The summed E-state index contributed by atoms with van der Waals surface area (Å²) in [4.78, 5) is 38.1. The third kappa shape index (κ3) is 5.57. The van der Waals surface area contributed by atoms with Gasteiger partial charge in [0.25, 0.3) is 5.69 Å². The Balaban J connectivity index is 1.53. The summed E-state index contributed by atoms with van der Waals surface area (Å²) < 4.78 is 14.5. The van der Waals surface area contributed by atoms with Gasteiger partial charge in [0.15, 0.2) is 5.65 Å². The molecule has 0 saturated carbocycles. The fourth-order valence-electron chi connectivity index (χ4n) is 3.96. The molecule has 0 unspecified atom stereocenters. The molecule has 0 fully saturated rings. The number of rotatable bonds is 9. The van der Waals surface area contributed by atoms with Crippen LogP contribution in [0, 0.1) is 15.5 Å². The summed E-state index contributed by atoms with van der Waals surface area (Å²) in [6, 6.07) is 15.3. The van der Waals surface area contributed by atoms with E-state index in [2.05, 4.69) is 19.9 Å². The van der Waals surface area contributed by atoms with Crippen LogP contribution in [0.3, 0.4) is 0 Å². The third-order valence-corrected chi connectivity index (χ3v) is 6.08. The van der Waals surface area contributed by atoms with Crippen molar-refractivity contribution in [2.24, 2.45) is 5.41 Å². The zero-order valence-electron chi connectivity index (χ0n) is 22.5. The first-order valence-corrected chi connectivity index (χ1v) is 12.5. The molecule has 12 nitrogen and oxygen atoms in total. The zero-order valence-corrected chi connectivity index (χ0v) is 22.5. The number of benzene rings is 2. The number of nitrogens with one attached hydrogen (secondary N) is 1. The average Bonchev–Trinajstić information content (AvgIpc) is 3.51. The van der Waals surface area contributed by atoms with E-state index in [-0.39, 0.29) is 28.9 Å². The molecule has 0 aliphatic carbocycles. The molecule has 0 aliphatic rings. The van der Waals surface area contributed by atoms with Crippen molar-refractivity contribution in [3.8, 4) is 11.6 Å². The average molecular weight is 545 g/mol. The Morgan fingerprint density at radius 3 is 2.65 bits per heavy atom. The highest BCUT2D eigenvalue weighted by atomic mass is 16.7. The van der Waals surface area contributed by atoms with Crippen LogP contribution in [0.5, 0.6) is 11.6 Å². The number of carbonyl (C=O) groups is 1. The van der Waals surface area contributed by atoms with Gasteiger partial charge in [0, 0.05) is 48.7 Å². The lowest BCUT2D eigenvalue weighted by Crippen LogP contribution is -2.31. The molecule has 0 spiro atoms. The van der Waals surface area contributed by atoms with Crippen LogP contribution in [0.1, 0.15) is 20.8 Å². The number of aromatic nitrogens is 4. The Morgan fingerprint density at radius 2 is 1.90 bits per heavy atom. The number of anilines is 2. The van der Waals surface area contributed by atoms with Gasteiger partial charge in [0.1, 0.15) is 5.75 Å². The second-order valence-corrected chi connectivity index (χ2v) is 10.1. The van der Waals surface area contributed by atoms with Crippen molar-refractivity contribution in [1.82, 2.24) is 19.3 Å². The van der Waals surface area contributed by atoms with Gasteiger partial charge >= 0.3 is 5.97 Å². The molecular formula is C28H28N6O6. The minimum atomic E-state index is -0.748. The van der Waals surface area contributed by atoms with Crippen LogP contribution in [0.25, 0.3) is 21.9 Å². The lowest BCUT2D eigenvalue weighted by Gasteiger charge is -2.16. The van der Waals surface area contributed by atoms with E-state index in [0.29, 0.717) is 12.0 Å². The molecular weight excluding hydrogens is 516 g/mol. The topological polar surface area (TPSA) is 136 Å². The van der Waals surface area contributed by atoms with Gasteiger partial charge in [-0.05, 0) is 57.2 Å². The number of nitrogens with zero attached hydrogens (tertiary/aromatic N) is 5. The molecule has 0 amide bonds. The molecule has 0 atom stereocenters. The molecule has 5 rings (SSSR count). The second-order valence-electron chi connectivity index (χ2n) is 10.1. The number of nitro groups is 1. The molecule has 3 aromatic heterocycles. The number of hydrogen-bond acceptors (Lipinski definition) is 9. The summed E-state index contributed by atoms with van der Waals surface area (Å²) >= 11 is 0. The molecule has 0 saturated heterocycles. The highest BCUT2D eigenvalue weighted by molar-refractivity contribution is 5.86. The van der Waals surface area contributed by atoms with Crippen molar-refractivity contribution < 1.29 is 24.0 Å². The second kappa shape index (κ2) is 10.7. The largest absolute Gasteiger partial charge is 0.438 e. The minimum Gasteiger partial charge on any atom is -0.438 e. The third-order valence-electron chi connectivity index (χ3n) is 6.08. The number of ether oxygens (including phenoxy) is 2. The molecule has 40 heavy (non-hydrogen) atoms. The molecule has 1 N–H and O–H groups in total. The minimum absolute atomic E-state index is 0.122. The lowest BCUT2D eigenvalue weighted by molar-refractivity contribution is -0.384. The summed E-state index contributed by atoms with van der Waals surface area (Å²) in [7, 11) is 1.67. The smallest absolute Gasteiger partial charge is 0.338 e. The van der Waals surface area contributed by atoms with E-state index in [1.54, 1.807) is 46.2 Å². The van der Waals surface area contributed by atoms with Crippen molar-refractivity contribution in [2.75, 3.05) is 19.0 Å². The standard InChI is InChI=1S/C28H28N6O6/c1-28(2,3)26(35)40-33-13-11-22-24(33)30-27(31-25(22)39-21-7-5-6-20(17-21)34(36)37)29-19-8-9-23-18(16-19)10-12-32(23)14-15-38-4/h5-13,16-17H,14-15H2,1-4H3,(H,29,30,31). The van der Waals surface area contributed by atoms with Crippen molar-refractivity contribution in [2.45, 2.75) is 27.3 Å². The number of carbonyl (C=O) groups excluding carboxylic acids is 1. The molecule has 0 bridgehead atoms. The predicted octanol–water partition coefficient (Wildman–Crippen LogP) is 5.48. The maximum Gasteiger partial charge on any atom is 0.338 e. The van der Waals surface area contributed by atoms with Gasteiger partial charge < -0.3 is 24.2 Å². The molecule has 3 heterocycles. The summed E-state index contributed by atoms with van der Waals surface area (Å²) in [5.41, 5.74) is 1.19. The van der Waals surface area contributed by atoms with Gasteiger partial charge in [-0.3, -0.25) is 10.1 Å². The Morgan fingerprint density at radius 1 is 1.07 bits per heavy atom. The van der Waals surface area contributed by atoms with Gasteiger partial charge in [-0.15, -0.1) is 0 Å². The van der Waals surface area contributed by atoms with E-state index in [0.717, 1.165) is 23.1 Å². The normalized spacial score (nSPS) is 11.6. The molecule has 2 aromatic carbocycles. The Kier molecular flexibility index (Phi) is 7.09. The van der Waals surface area contributed by atoms with E-state index in [9.17, 15) is 14.9 Å². The van der Waals surface area contributed by atoms with Crippen molar-refractivity contribution in [3.05, 3.63) is 77.1 Å². The number of nitro benzene ring substituents is 1. The summed E-state index contributed by atoms with van der Waals surface area (Å²) in [5.74, 6) is 0.0734. The highest BCUT2D eigenvalue weighted by Crippen LogP contribution is 2.32. The number of hydrogen-bond donors (Lipinski definition) is 1. The van der Waals surface area contributed by atoms with Crippen molar-refractivity contribution in [1.29, 1.82) is 0 Å². The zero-order chi connectivity index (χ0) is 28.4. The quantitative estimate of drug-likeness (QED) is 0.189. The fraction of sp³-hybridized carbons (Fsp3) is 0.250. The molecule has 0 radical (unpaired) electrons. The number of methoxy groups -OCH3 is 1.